The van der Waals surface area contributed by atoms with Crippen molar-refractivity contribution in [2.75, 3.05) is 13.1 Å². The predicted octanol–water partition coefficient (Wildman–Crippen LogP) is 2.19. The zero-order chi connectivity index (χ0) is 15.4. The Balaban J connectivity index is 1.69. The van der Waals surface area contributed by atoms with E-state index in [2.05, 4.69) is 4.98 Å². The molecule has 3 rings (SSSR count). The van der Waals surface area contributed by atoms with Gasteiger partial charge in [0, 0.05) is 25.4 Å². The number of aromatic amines is 1. The van der Waals surface area contributed by atoms with Gasteiger partial charge in [-0.3, -0.25) is 9.59 Å². The third kappa shape index (κ3) is 3.19. The third-order valence-corrected chi connectivity index (χ3v) is 3.74. The molecule has 22 heavy (non-hydrogen) atoms. The number of rotatable bonds is 4. The molecule has 1 amide bonds. The van der Waals surface area contributed by atoms with Crippen LogP contribution in [0.4, 0.5) is 0 Å². The van der Waals surface area contributed by atoms with Crippen LogP contribution in [0.25, 0.3) is 0 Å². The van der Waals surface area contributed by atoms with Gasteiger partial charge in [-0.2, -0.15) is 0 Å². The van der Waals surface area contributed by atoms with E-state index in [4.69, 9.17) is 4.74 Å². The summed E-state index contributed by atoms with van der Waals surface area (Å²) in [4.78, 5) is 28.9. The number of carbonyl (C=O) groups is 1. The van der Waals surface area contributed by atoms with E-state index in [1.165, 1.54) is 12.3 Å². The standard InChI is InChI=1S/C17H18N2O3/c20-15-10-14(17(21)19-8-4-5-9-19)18-11-16(15)22-12-13-6-2-1-3-7-13/h1-3,6-7,10-11H,4-5,8-9,12H2,(H,18,20). The highest BCUT2D eigenvalue weighted by molar-refractivity contribution is 5.92. The smallest absolute Gasteiger partial charge is 0.270 e. The number of nitrogens with zero attached hydrogens (tertiary/aromatic N) is 1. The molecule has 2 heterocycles. The number of benzene rings is 1. The van der Waals surface area contributed by atoms with Crippen LogP contribution >= 0.6 is 0 Å². The van der Waals surface area contributed by atoms with Crippen molar-refractivity contribution >= 4 is 5.91 Å². The second-order valence-corrected chi connectivity index (χ2v) is 5.35. The molecular formula is C17H18N2O3. The lowest BCUT2D eigenvalue weighted by atomic mass is 10.2. The Morgan fingerprint density at radius 1 is 1.18 bits per heavy atom. The number of hydrogen-bond donors (Lipinski definition) is 1. The fourth-order valence-corrected chi connectivity index (χ4v) is 2.52. The van der Waals surface area contributed by atoms with Crippen molar-refractivity contribution in [1.29, 1.82) is 0 Å². The minimum absolute atomic E-state index is 0.121. The lowest BCUT2D eigenvalue weighted by molar-refractivity contribution is 0.0787. The van der Waals surface area contributed by atoms with Crippen LogP contribution in [0.15, 0.2) is 47.4 Å². The zero-order valence-corrected chi connectivity index (χ0v) is 12.2. The van der Waals surface area contributed by atoms with Crippen molar-refractivity contribution in [1.82, 2.24) is 9.88 Å². The Labute approximate surface area is 128 Å². The lowest BCUT2D eigenvalue weighted by Gasteiger charge is -2.15. The number of hydrogen-bond acceptors (Lipinski definition) is 3. The Hall–Kier alpha value is -2.56. The maximum absolute atomic E-state index is 12.2. The molecule has 1 aliphatic heterocycles. The first-order valence-corrected chi connectivity index (χ1v) is 7.43. The average Bonchev–Trinajstić information content (AvgIpc) is 3.08. The first kappa shape index (κ1) is 14.4. The highest BCUT2D eigenvalue weighted by Crippen LogP contribution is 2.12. The molecule has 1 aromatic heterocycles. The zero-order valence-electron chi connectivity index (χ0n) is 12.2. The fraction of sp³-hybridized carbons (Fsp3) is 0.294. The summed E-state index contributed by atoms with van der Waals surface area (Å²) in [6, 6.07) is 10.9. The van der Waals surface area contributed by atoms with Crippen molar-refractivity contribution in [3.8, 4) is 5.75 Å². The summed E-state index contributed by atoms with van der Waals surface area (Å²) in [5.41, 5.74) is 1.02. The first-order chi connectivity index (χ1) is 10.7. The summed E-state index contributed by atoms with van der Waals surface area (Å²) < 4.78 is 5.51. The molecule has 0 unspecified atom stereocenters. The van der Waals surface area contributed by atoms with Crippen LogP contribution in [0.5, 0.6) is 5.75 Å². The van der Waals surface area contributed by atoms with Crippen molar-refractivity contribution in [2.45, 2.75) is 19.4 Å². The van der Waals surface area contributed by atoms with Gasteiger partial charge in [0.1, 0.15) is 12.3 Å². The van der Waals surface area contributed by atoms with E-state index in [9.17, 15) is 9.59 Å². The molecule has 2 aromatic rings. The molecule has 1 fully saturated rings. The number of amides is 1. The van der Waals surface area contributed by atoms with Gasteiger partial charge in [0.15, 0.2) is 5.75 Å². The van der Waals surface area contributed by atoms with Crippen LogP contribution in [0.2, 0.25) is 0 Å². The van der Waals surface area contributed by atoms with Gasteiger partial charge in [-0.1, -0.05) is 30.3 Å². The summed E-state index contributed by atoms with van der Waals surface area (Å²) in [5, 5.41) is 0. The van der Waals surface area contributed by atoms with Gasteiger partial charge >= 0.3 is 0 Å². The molecular weight excluding hydrogens is 280 g/mol. The van der Waals surface area contributed by atoms with Crippen molar-refractivity contribution in [3.63, 3.8) is 0 Å². The molecule has 1 saturated heterocycles. The summed E-state index contributed by atoms with van der Waals surface area (Å²) >= 11 is 0. The number of likely N-dealkylation sites (tertiary alicyclic amines) is 1. The Bertz CT molecular complexity index is 703. The van der Waals surface area contributed by atoms with Gasteiger partial charge in [-0.25, -0.2) is 0 Å². The van der Waals surface area contributed by atoms with Crippen molar-refractivity contribution in [2.24, 2.45) is 0 Å². The fourth-order valence-electron chi connectivity index (χ4n) is 2.52. The molecule has 5 heteroatoms. The van der Waals surface area contributed by atoms with E-state index >= 15 is 0 Å². The summed E-state index contributed by atoms with van der Waals surface area (Å²) in [6.07, 6.45) is 3.51. The molecule has 0 saturated carbocycles. The molecule has 5 nitrogen and oxygen atoms in total. The number of H-pyrrole nitrogens is 1. The molecule has 0 radical (unpaired) electrons. The highest BCUT2D eigenvalue weighted by Gasteiger charge is 2.20. The number of nitrogens with one attached hydrogen (secondary N) is 1. The molecule has 0 spiro atoms. The quantitative estimate of drug-likeness (QED) is 0.941. The van der Waals surface area contributed by atoms with Crippen LogP contribution in [-0.4, -0.2) is 28.9 Å². The monoisotopic (exact) mass is 298 g/mol. The second-order valence-electron chi connectivity index (χ2n) is 5.35. The number of pyridine rings is 1. The molecule has 0 bridgehead atoms. The van der Waals surface area contributed by atoms with Gasteiger partial charge in [0.25, 0.3) is 5.91 Å². The summed E-state index contributed by atoms with van der Waals surface area (Å²) in [7, 11) is 0. The van der Waals surface area contributed by atoms with Gasteiger partial charge in [-0.05, 0) is 18.4 Å². The minimum Gasteiger partial charge on any atom is -0.483 e. The van der Waals surface area contributed by atoms with E-state index in [0.29, 0.717) is 12.3 Å². The predicted molar refractivity (Wildman–Crippen MR) is 83.0 cm³/mol. The Kier molecular flexibility index (Phi) is 4.23. The van der Waals surface area contributed by atoms with Crippen LogP contribution < -0.4 is 10.2 Å². The van der Waals surface area contributed by atoms with Gasteiger partial charge < -0.3 is 14.6 Å². The van der Waals surface area contributed by atoms with E-state index in [1.54, 1.807) is 4.90 Å². The Morgan fingerprint density at radius 2 is 1.91 bits per heavy atom. The number of ether oxygens (including phenoxy) is 1. The molecule has 0 atom stereocenters. The van der Waals surface area contributed by atoms with E-state index in [-0.39, 0.29) is 17.1 Å². The van der Waals surface area contributed by atoms with Crippen LogP contribution in [0, 0.1) is 0 Å². The van der Waals surface area contributed by atoms with E-state index in [0.717, 1.165) is 31.5 Å². The van der Waals surface area contributed by atoms with Gasteiger partial charge in [0.05, 0.1) is 0 Å². The summed E-state index contributed by atoms with van der Waals surface area (Å²) in [6.45, 7) is 1.84. The van der Waals surface area contributed by atoms with Crippen LogP contribution in [0.1, 0.15) is 28.9 Å². The Morgan fingerprint density at radius 3 is 2.59 bits per heavy atom. The summed E-state index contributed by atoms with van der Waals surface area (Å²) in [5.74, 6) is 0.103. The molecule has 1 aromatic carbocycles. The minimum atomic E-state index is -0.280. The van der Waals surface area contributed by atoms with Crippen LogP contribution in [0.3, 0.4) is 0 Å². The van der Waals surface area contributed by atoms with Crippen molar-refractivity contribution < 1.29 is 9.53 Å². The normalized spacial score (nSPS) is 14.1. The molecule has 1 aliphatic rings. The largest absolute Gasteiger partial charge is 0.483 e. The second kappa shape index (κ2) is 6.47. The topological polar surface area (TPSA) is 62.4 Å². The SMILES string of the molecule is O=C(c1cc(=O)c(OCc2ccccc2)c[nH]1)N1CCCC1. The third-order valence-electron chi connectivity index (χ3n) is 3.74. The highest BCUT2D eigenvalue weighted by atomic mass is 16.5. The van der Waals surface area contributed by atoms with E-state index < -0.39 is 0 Å². The first-order valence-electron chi connectivity index (χ1n) is 7.43. The molecule has 114 valence electrons. The average molecular weight is 298 g/mol. The van der Waals surface area contributed by atoms with E-state index in [1.807, 2.05) is 30.3 Å². The maximum atomic E-state index is 12.2. The number of aromatic nitrogens is 1. The van der Waals surface area contributed by atoms with Crippen LogP contribution in [-0.2, 0) is 6.61 Å². The molecule has 0 aliphatic carbocycles. The maximum Gasteiger partial charge on any atom is 0.270 e. The van der Waals surface area contributed by atoms with Gasteiger partial charge in [0.2, 0.25) is 5.43 Å². The lowest BCUT2D eigenvalue weighted by Crippen LogP contribution is -2.29. The number of carbonyl (C=O) groups excluding carboxylic acids is 1. The molecule has 1 N–H and O–H groups in total. The van der Waals surface area contributed by atoms with Crippen molar-refractivity contribution in [3.05, 3.63) is 64.1 Å². The van der Waals surface area contributed by atoms with Gasteiger partial charge in [-0.15, -0.1) is 0 Å².